The van der Waals surface area contributed by atoms with Crippen LogP contribution in [0.4, 0.5) is 0 Å². The van der Waals surface area contributed by atoms with Crippen LogP contribution in [0.2, 0.25) is 0 Å². The van der Waals surface area contributed by atoms with E-state index in [0.717, 1.165) is 35.7 Å². The molecule has 0 aliphatic heterocycles. The molecule has 3 rings (SSSR count). The van der Waals surface area contributed by atoms with E-state index in [9.17, 15) is 4.79 Å². The predicted octanol–water partition coefficient (Wildman–Crippen LogP) is 0.780. The molecule has 0 bridgehead atoms. The van der Waals surface area contributed by atoms with Crippen LogP contribution in [0, 0.1) is 5.92 Å². The fourth-order valence-corrected chi connectivity index (χ4v) is 3.61. The average Bonchev–Trinajstić information content (AvgIpc) is 2.96. The molecule has 1 unspecified atom stereocenters. The van der Waals surface area contributed by atoms with Crippen molar-refractivity contribution in [2.24, 2.45) is 11.7 Å². The zero-order chi connectivity index (χ0) is 14.7. The lowest BCUT2D eigenvalue weighted by Crippen LogP contribution is -2.36. The number of aromatic nitrogens is 3. The van der Waals surface area contributed by atoms with Gasteiger partial charge in [0.2, 0.25) is 5.91 Å². The number of hydrogen-bond donors (Lipinski definition) is 2. The summed E-state index contributed by atoms with van der Waals surface area (Å²) >= 11 is 1.62. The van der Waals surface area contributed by atoms with E-state index in [4.69, 9.17) is 5.73 Å². The lowest BCUT2D eigenvalue weighted by molar-refractivity contribution is -0.125. The van der Waals surface area contributed by atoms with Crippen molar-refractivity contribution in [3.8, 4) is 10.7 Å². The van der Waals surface area contributed by atoms with Crippen LogP contribution in [0.25, 0.3) is 10.7 Å². The smallest absolute Gasteiger partial charge is 0.223 e. The summed E-state index contributed by atoms with van der Waals surface area (Å²) in [5, 5.41) is 3.75. The van der Waals surface area contributed by atoms with Gasteiger partial charge in [-0.05, 0) is 19.3 Å². The molecule has 3 N–H and O–H groups in total. The predicted molar refractivity (Wildman–Crippen MR) is 80.7 cm³/mol. The third-order valence-electron chi connectivity index (χ3n) is 3.54. The number of amides is 1. The second-order valence-electron chi connectivity index (χ2n) is 5.00. The molecule has 110 valence electrons. The molecule has 0 aromatic carbocycles. The SMILES string of the molecule is NCCNC(=O)C1CCc2nc(-c3cnccn3)sc2C1. The fourth-order valence-electron chi connectivity index (χ4n) is 2.46. The van der Waals surface area contributed by atoms with Crippen LogP contribution in [0.3, 0.4) is 0 Å². The van der Waals surface area contributed by atoms with E-state index in [1.807, 2.05) is 0 Å². The summed E-state index contributed by atoms with van der Waals surface area (Å²) in [6.07, 6.45) is 7.47. The van der Waals surface area contributed by atoms with Crippen LogP contribution in [-0.4, -0.2) is 33.9 Å². The molecule has 6 nitrogen and oxygen atoms in total. The van der Waals surface area contributed by atoms with Crippen LogP contribution in [0.15, 0.2) is 18.6 Å². The minimum Gasteiger partial charge on any atom is -0.355 e. The van der Waals surface area contributed by atoms with Gasteiger partial charge in [0, 0.05) is 36.3 Å². The van der Waals surface area contributed by atoms with Crippen LogP contribution in [-0.2, 0) is 17.6 Å². The number of hydrogen-bond acceptors (Lipinski definition) is 6. The number of rotatable bonds is 4. The first-order chi connectivity index (χ1) is 10.3. The molecule has 0 saturated carbocycles. The van der Waals surface area contributed by atoms with Crippen LogP contribution >= 0.6 is 11.3 Å². The number of aryl methyl sites for hydroxylation is 1. The lowest BCUT2D eigenvalue weighted by Gasteiger charge is -2.20. The standard InChI is InChI=1S/C14H17N5OS/c15-3-4-18-13(20)9-1-2-10-12(7-9)21-14(19-10)11-8-16-5-6-17-11/h5-6,8-9H,1-4,7,15H2,(H,18,20). The highest BCUT2D eigenvalue weighted by Crippen LogP contribution is 2.33. The van der Waals surface area contributed by atoms with E-state index in [-0.39, 0.29) is 11.8 Å². The van der Waals surface area contributed by atoms with Crippen molar-refractivity contribution < 1.29 is 4.79 Å². The summed E-state index contributed by atoms with van der Waals surface area (Å²) in [7, 11) is 0. The maximum absolute atomic E-state index is 12.0. The number of nitrogens with zero attached hydrogens (tertiary/aromatic N) is 3. The zero-order valence-corrected chi connectivity index (χ0v) is 12.4. The Bertz CT molecular complexity index is 628. The molecule has 1 atom stereocenters. The molecule has 0 fully saturated rings. The van der Waals surface area contributed by atoms with E-state index in [0.29, 0.717) is 13.1 Å². The molecule has 2 heterocycles. The zero-order valence-electron chi connectivity index (χ0n) is 11.6. The summed E-state index contributed by atoms with van der Waals surface area (Å²) < 4.78 is 0. The Hall–Kier alpha value is -1.86. The van der Waals surface area contributed by atoms with Crippen molar-refractivity contribution in [2.75, 3.05) is 13.1 Å². The average molecular weight is 303 g/mol. The van der Waals surface area contributed by atoms with Crippen molar-refractivity contribution in [1.29, 1.82) is 0 Å². The van der Waals surface area contributed by atoms with Crippen molar-refractivity contribution in [3.63, 3.8) is 0 Å². The molecule has 2 aromatic rings. The van der Waals surface area contributed by atoms with Gasteiger partial charge in [-0.15, -0.1) is 11.3 Å². The van der Waals surface area contributed by atoms with Crippen molar-refractivity contribution in [2.45, 2.75) is 19.3 Å². The molecule has 0 spiro atoms. The Morgan fingerprint density at radius 3 is 3.14 bits per heavy atom. The first kappa shape index (κ1) is 14.1. The molecule has 1 aliphatic rings. The molecule has 1 amide bonds. The van der Waals surface area contributed by atoms with Gasteiger partial charge in [0.15, 0.2) is 0 Å². The molecule has 0 saturated heterocycles. The van der Waals surface area contributed by atoms with Crippen molar-refractivity contribution in [3.05, 3.63) is 29.2 Å². The normalized spacial score (nSPS) is 17.3. The van der Waals surface area contributed by atoms with Gasteiger partial charge in [-0.25, -0.2) is 4.98 Å². The van der Waals surface area contributed by atoms with E-state index in [1.165, 1.54) is 4.88 Å². The maximum atomic E-state index is 12.0. The van der Waals surface area contributed by atoms with E-state index < -0.39 is 0 Å². The third kappa shape index (κ3) is 3.08. The Morgan fingerprint density at radius 2 is 2.38 bits per heavy atom. The van der Waals surface area contributed by atoms with E-state index >= 15 is 0 Å². The van der Waals surface area contributed by atoms with Crippen LogP contribution in [0.5, 0.6) is 0 Å². The highest BCUT2D eigenvalue weighted by molar-refractivity contribution is 7.15. The Labute approximate surface area is 126 Å². The molecular formula is C14H17N5OS. The summed E-state index contributed by atoms with van der Waals surface area (Å²) in [6, 6.07) is 0. The van der Waals surface area contributed by atoms with Gasteiger partial charge >= 0.3 is 0 Å². The van der Waals surface area contributed by atoms with E-state index in [1.54, 1.807) is 29.9 Å². The quantitative estimate of drug-likeness (QED) is 0.870. The molecule has 0 radical (unpaired) electrons. The number of carbonyl (C=O) groups excluding carboxylic acids is 1. The largest absolute Gasteiger partial charge is 0.355 e. The molecule has 21 heavy (non-hydrogen) atoms. The first-order valence-electron chi connectivity index (χ1n) is 7.00. The van der Waals surface area contributed by atoms with Gasteiger partial charge < -0.3 is 11.1 Å². The monoisotopic (exact) mass is 303 g/mol. The lowest BCUT2D eigenvalue weighted by atomic mass is 9.90. The number of carbonyl (C=O) groups is 1. The van der Waals surface area contributed by atoms with Crippen molar-refractivity contribution in [1.82, 2.24) is 20.3 Å². The molecule has 7 heteroatoms. The summed E-state index contributed by atoms with van der Waals surface area (Å²) in [5.74, 6) is 0.125. The molecular weight excluding hydrogens is 286 g/mol. The second-order valence-corrected chi connectivity index (χ2v) is 6.08. The van der Waals surface area contributed by atoms with Gasteiger partial charge in [0.05, 0.1) is 11.9 Å². The van der Waals surface area contributed by atoms with Gasteiger partial charge in [0.25, 0.3) is 0 Å². The van der Waals surface area contributed by atoms with Crippen LogP contribution < -0.4 is 11.1 Å². The third-order valence-corrected chi connectivity index (χ3v) is 4.68. The first-order valence-corrected chi connectivity index (χ1v) is 7.82. The second kappa shape index (κ2) is 6.28. The topological polar surface area (TPSA) is 93.8 Å². The molecule has 1 aliphatic carbocycles. The Morgan fingerprint density at radius 1 is 1.48 bits per heavy atom. The Balaban J connectivity index is 1.75. The minimum absolute atomic E-state index is 0.0270. The highest BCUT2D eigenvalue weighted by atomic mass is 32.1. The highest BCUT2D eigenvalue weighted by Gasteiger charge is 2.27. The van der Waals surface area contributed by atoms with E-state index in [2.05, 4.69) is 20.3 Å². The van der Waals surface area contributed by atoms with Gasteiger partial charge in [0.1, 0.15) is 10.7 Å². The van der Waals surface area contributed by atoms with Crippen LogP contribution in [0.1, 0.15) is 17.0 Å². The summed E-state index contributed by atoms with van der Waals surface area (Å²) in [6.45, 7) is 1.01. The fraction of sp³-hybridized carbons (Fsp3) is 0.429. The molecule has 2 aromatic heterocycles. The van der Waals surface area contributed by atoms with Crippen molar-refractivity contribution >= 4 is 17.2 Å². The van der Waals surface area contributed by atoms with Gasteiger partial charge in [-0.2, -0.15) is 0 Å². The number of thiazole rings is 1. The summed E-state index contributed by atoms with van der Waals surface area (Å²) in [4.78, 5) is 26.2. The number of nitrogens with one attached hydrogen (secondary N) is 1. The van der Waals surface area contributed by atoms with Gasteiger partial charge in [-0.1, -0.05) is 0 Å². The Kier molecular flexibility index (Phi) is 4.21. The maximum Gasteiger partial charge on any atom is 0.223 e. The minimum atomic E-state index is 0.0270. The summed E-state index contributed by atoms with van der Waals surface area (Å²) in [5.41, 5.74) is 7.31. The van der Waals surface area contributed by atoms with Gasteiger partial charge in [-0.3, -0.25) is 14.8 Å². The number of fused-ring (bicyclic) bond motifs is 1. The number of nitrogens with two attached hydrogens (primary N) is 1.